The summed E-state index contributed by atoms with van der Waals surface area (Å²) in [5.41, 5.74) is 0.436. The summed E-state index contributed by atoms with van der Waals surface area (Å²) in [6.45, 7) is 4.03. The van der Waals surface area contributed by atoms with Gasteiger partial charge in [-0.05, 0) is 25.1 Å². The minimum absolute atomic E-state index is 0.0996. The van der Waals surface area contributed by atoms with Gasteiger partial charge in [-0.1, -0.05) is 0 Å². The lowest BCUT2D eigenvalue weighted by Gasteiger charge is -2.29. The number of nitrogens with one attached hydrogen (secondary N) is 1. The van der Waals surface area contributed by atoms with E-state index in [1.54, 1.807) is 30.0 Å². The van der Waals surface area contributed by atoms with Crippen molar-refractivity contribution >= 4 is 11.8 Å². The predicted octanol–water partition coefficient (Wildman–Crippen LogP) is 0.392. The Balaban J connectivity index is 1.62. The van der Waals surface area contributed by atoms with Crippen molar-refractivity contribution in [2.45, 2.75) is 13.0 Å². The summed E-state index contributed by atoms with van der Waals surface area (Å²) in [4.78, 5) is 26.2. The monoisotopic (exact) mass is 306 g/mol. The molecule has 1 N–H and O–H groups in total. The highest BCUT2D eigenvalue weighted by Gasteiger charge is 2.24. The maximum Gasteiger partial charge on any atom is 0.252 e. The van der Waals surface area contributed by atoms with Crippen LogP contribution in [0.1, 0.15) is 17.3 Å². The number of benzene rings is 1. The zero-order chi connectivity index (χ0) is 15.5. The molecule has 0 aromatic heterocycles. The van der Waals surface area contributed by atoms with Crippen molar-refractivity contribution in [1.29, 1.82) is 0 Å². The molecule has 2 aliphatic rings. The molecular weight excluding hydrogens is 288 g/mol. The predicted molar refractivity (Wildman–Crippen MR) is 76.9 cm³/mol. The third-order valence-corrected chi connectivity index (χ3v) is 3.68. The summed E-state index contributed by atoms with van der Waals surface area (Å²) < 4.78 is 15.7. The second kappa shape index (κ2) is 6.23. The van der Waals surface area contributed by atoms with E-state index in [2.05, 4.69) is 5.32 Å². The number of hydrogen-bond acceptors (Lipinski definition) is 5. The van der Waals surface area contributed by atoms with E-state index < -0.39 is 6.04 Å². The molecule has 0 unspecified atom stereocenters. The Bertz CT molecular complexity index is 583. The van der Waals surface area contributed by atoms with Crippen LogP contribution < -0.4 is 14.8 Å². The van der Waals surface area contributed by atoms with Crippen LogP contribution in [0.3, 0.4) is 0 Å². The average molecular weight is 306 g/mol. The fourth-order valence-corrected chi connectivity index (χ4v) is 2.44. The Morgan fingerprint density at radius 2 is 1.91 bits per heavy atom. The van der Waals surface area contributed by atoms with Crippen molar-refractivity contribution < 1.29 is 23.8 Å². The maximum atomic E-state index is 12.3. The lowest BCUT2D eigenvalue weighted by atomic mass is 10.1. The standard InChI is InChI=1S/C15H18N2O5/c1-10(15(19)17-4-6-20-7-5-17)16-14(18)11-2-3-12-13(8-11)22-9-21-12/h2-3,8,10H,4-7,9H2,1H3,(H,16,18)/t10-/m0/s1. The molecule has 1 aromatic rings. The first-order valence-corrected chi connectivity index (χ1v) is 7.22. The van der Waals surface area contributed by atoms with Gasteiger partial charge < -0.3 is 24.4 Å². The van der Waals surface area contributed by atoms with Crippen LogP contribution in [0.15, 0.2) is 18.2 Å². The van der Waals surface area contributed by atoms with Crippen LogP contribution in [-0.4, -0.2) is 55.9 Å². The van der Waals surface area contributed by atoms with Gasteiger partial charge in [0.1, 0.15) is 6.04 Å². The first-order chi connectivity index (χ1) is 10.6. The van der Waals surface area contributed by atoms with Crippen LogP contribution in [0.4, 0.5) is 0 Å². The quantitative estimate of drug-likeness (QED) is 0.874. The topological polar surface area (TPSA) is 77.1 Å². The van der Waals surface area contributed by atoms with Gasteiger partial charge in [0.25, 0.3) is 5.91 Å². The number of amides is 2. The van der Waals surface area contributed by atoms with Crippen molar-refractivity contribution in [3.05, 3.63) is 23.8 Å². The smallest absolute Gasteiger partial charge is 0.252 e. The fraction of sp³-hybridized carbons (Fsp3) is 0.467. The largest absolute Gasteiger partial charge is 0.454 e. The molecule has 7 heteroatoms. The first kappa shape index (κ1) is 14.6. The highest BCUT2D eigenvalue weighted by atomic mass is 16.7. The maximum absolute atomic E-state index is 12.3. The number of hydrogen-bond donors (Lipinski definition) is 1. The van der Waals surface area contributed by atoms with Crippen LogP contribution in [0.25, 0.3) is 0 Å². The van der Waals surface area contributed by atoms with Crippen molar-refractivity contribution in [3.63, 3.8) is 0 Å². The van der Waals surface area contributed by atoms with E-state index >= 15 is 0 Å². The highest BCUT2D eigenvalue weighted by Crippen LogP contribution is 2.32. The van der Waals surface area contributed by atoms with Gasteiger partial charge in [-0.15, -0.1) is 0 Å². The normalized spacial score (nSPS) is 18.0. The highest BCUT2D eigenvalue weighted by molar-refractivity contribution is 5.98. The van der Waals surface area contributed by atoms with Crippen molar-refractivity contribution in [2.24, 2.45) is 0 Å². The van der Waals surface area contributed by atoms with Crippen molar-refractivity contribution in [3.8, 4) is 11.5 Å². The van der Waals surface area contributed by atoms with E-state index in [1.807, 2.05) is 0 Å². The van der Waals surface area contributed by atoms with E-state index in [-0.39, 0.29) is 18.6 Å². The summed E-state index contributed by atoms with van der Waals surface area (Å²) in [7, 11) is 0. The average Bonchev–Trinajstić information content (AvgIpc) is 3.02. The van der Waals surface area contributed by atoms with E-state index in [4.69, 9.17) is 14.2 Å². The minimum Gasteiger partial charge on any atom is -0.454 e. The van der Waals surface area contributed by atoms with E-state index in [0.29, 0.717) is 43.4 Å². The number of rotatable bonds is 3. The molecule has 3 rings (SSSR count). The number of morpholine rings is 1. The minimum atomic E-state index is -0.587. The molecule has 1 atom stereocenters. The summed E-state index contributed by atoms with van der Waals surface area (Å²) in [5.74, 6) is 0.749. The molecule has 118 valence electrons. The summed E-state index contributed by atoms with van der Waals surface area (Å²) in [6, 6.07) is 4.36. The Kier molecular flexibility index (Phi) is 4.15. The van der Waals surface area contributed by atoms with Gasteiger partial charge in [-0.2, -0.15) is 0 Å². The van der Waals surface area contributed by atoms with Crippen LogP contribution in [0.5, 0.6) is 11.5 Å². The van der Waals surface area contributed by atoms with Gasteiger partial charge in [-0.3, -0.25) is 9.59 Å². The molecule has 1 fully saturated rings. The molecule has 0 aliphatic carbocycles. The number of nitrogens with zero attached hydrogens (tertiary/aromatic N) is 1. The third-order valence-electron chi connectivity index (χ3n) is 3.68. The number of carbonyl (C=O) groups is 2. The molecule has 2 aliphatic heterocycles. The summed E-state index contributed by atoms with van der Waals surface area (Å²) in [6.07, 6.45) is 0. The molecule has 1 saturated heterocycles. The molecule has 2 amide bonds. The van der Waals surface area contributed by atoms with Crippen LogP contribution >= 0.6 is 0 Å². The van der Waals surface area contributed by atoms with E-state index in [0.717, 1.165) is 0 Å². The molecule has 0 bridgehead atoms. The fourth-order valence-electron chi connectivity index (χ4n) is 2.44. The Morgan fingerprint density at radius 3 is 2.68 bits per heavy atom. The lowest BCUT2D eigenvalue weighted by Crippen LogP contribution is -2.50. The molecule has 2 heterocycles. The molecule has 0 spiro atoms. The third kappa shape index (κ3) is 2.99. The van der Waals surface area contributed by atoms with Crippen LogP contribution in [0, 0.1) is 0 Å². The van der Waals surface area contributed by atoms with Gasteiger partial charge >= 0.3 is 0 Å². The molecule has 7 nitrogen and oxygen atoms in total. The van der Waals surface area contributed by atoms with Crippen LogP contribution in [-0.2, 0) is 9.53 Å². The van der Waals surface area contributed by atoms with Crippen molar-refractivity contribution in [1.82, 2.24) is 10.2 Å². The van der Waals surface area contributed by atoms with E-state index in [9.17, 15) is 9.59 Å². The molecule has 0 radical (unpaired) electrons. The molecule has 0 saturated carbocycles. The zero-order valence-electron chi connectivity index (χ0n) is 12.3. The Hall–Kier alpha value is -2.28. The Morgan fingerprint density at radius 1 is 1.18 bits per heavy atom. The first-order valence-electron chi connectivity index (χ1n) is 7.22. The zero-order valence-corrected chi connectivity index (χ0v) is 12.3. The SMILES string of the molecule is C[C@H](NC(=O)c1ccc2c(c1)OCO2)C(=O)N1CCOCC1. The van der Waals surface area contributed by atoms with Crippen LogP contribution in [0.2, 0.25) is 0 Å². The number of carbonyl (C=O) groups excluding carboxylic acids is 2. The van der Waals surface area contributed by atoms with Gasteiger partial charge in [-0.25, -0.2) is 0 Å². The van der Waals surface area contributed by atoms with Gasteiger partial charge in [0.2, 0.25) is 12.7 Å². The summed E-state index contributed by atoms with van der Waals surface area (Å²) in [5, 5.41) is 2.72. The summed E-state index contributed by atoms with van der Waals surface area (Å²) >= 11 is 0. The van der Waals surface area contributed by atoms with Gasteiger partial charge in [0, 0.05) is 18.7 Å². The molecular formula is C15H18N2O5. The lowest BCUT2D eigenvalue weighted by molar-refractivity contribution is -0.136. The van der Waals surface area contributed by atoms with Crippen molar-refractivity contribution in [2.75, 3.05) is 33.1 Å². The Labute approximate surface area is 128 Å². The second-order valence-corrected chi connectivity index (χ2v) is 5.20. The molecule has 22 heavy (non-hydrogen) atoms. The molecule has 1 aromatic carbocycles. The van der Waals surface area contributed by atoms with Gasteiger partial charge in [0.15, 0.2) is 11.5 Å². The number of ether oxygens (including phenoxy) is 3. The number of fused-ring (bicyclic) bond motifs is 1. The van der Waals surface area contributed by atoms with E-state index in [1.165, 1.54) is 0 Å². The van der Waals surface area contributed by atoms with Gasteiger partial charge in [0.05, 0.1) is 13.2 Å². The second-order valence-electron chi connectivity index (χ2n) is 5.20.